The van der Waals surface area contributed by atoms with E-state index in [1.165, 1.54) is 32.2 Å². The first-order valence-corrected chi connectivity index (χ1v) is 7.57. The number of hydrogen-bond acceptors (Lipinski definition) is 4. The molecule has 2 atom stereocenters. The van der Waals surface area contributed by atoms with Gasteiger partial charge in [-0.1, -0.05) is 13.8 Å². The molecule has 4 nitrogen and oxygen atoms in total. The van der Waals surface area contributed by atoms with Gasteiger partial charge >= 0.3 is 0 Å². The van der Waals surface area contributed by atoms with Crippen LogP contribution in [0, 0.1) is 0 Å². The van der Waals surface area contributed by atoms with Crippen molar-refractivity contribution in [2.45, 2.75) is 57.5 Å². The van der Waals surface area contributed by atoms with E-state index in [1.54, 1.807) is 6.33 Å². The fraction of sp³-hybridized carbons (Fsp3) is 0.733. The summed E-state index contributed by atoms with van der Waals surface area (Å²) in [7, 11) is 0. The van der Waals surface area contributed by atoms with E-state index < -0.39 is 0 Å². The molecule has 2 unspecified atom stereocenters. The Morgan fingerprint density at radius 2 is 2.16 bits per heavy atom. The maximum atomic E-state index is 4.51. The van der Waals surface area contributed by atoms with Crippen LogP contribution in [0.5, 0.6) is 0 Å². The number of nitrogens with one attached hydrogen (secondary N) is 1. The van der Waals surface area contributed by atoms with Crippen LogP contribution in [-0.2, 0) is 0 Å². The van der Waals surface area contributed by atoms with Gasteiger partial charge in [0, 0.05) is 30.4 Å². The van der Waals surface area contributed by atoms with Gasteiger partial charge < -0.3 is 10.2 Å². The number of aromatic nitrogens is 2. The molecule has 0 aromatic carbocycles. The first kappa shape index (κ1) is 12.9. The van der Waals surface area contributed by atoms with Crippen LogP contribution in [0.25, 0.3) is 0 Å². The molecule has 0 amide bonds. The Labute approximate surface area is 115 Å². The van der Waals surface area contributed by atoms with E-state index in [-0.39, 0.29) is 0 Å². The summed E-state index contributed by atoms with van der Waals surface area (Å²) in [6.45, 7) is 6.69. The summed E-state index contributed by atoms with van der Waals surface area (Å²) >= 11 is 0. The molecule has 0 saturated carbocycles. The van der Waals surface area contributed by atoms with E-state index in [1.807, 2.05) is 0 Å². The van der Waals surface area contributed by atoms with Crippen LogP contribution >= 0.6 is 0 Å². The Morgan fingerprint density at radius 3 is 2.89 bits per heavy atom. The first-order valence-electron chi connectivity index (χ1n) is 7.57. The molecule has 0 aliphatic carbocycles. The summed E-state index contributed by atoms with van der Waals surface area (Å²) in [6.07, 6.45) is 6.92. The molecule has 1 N–H and O–H groups in total. The average molecular weight is 260 g/mol. The van der Waals surface area contributed by atoms with Gasteiger partial charge in [0.15, 0.2) is 0 Å². The molecule has 104 valence electrons. The van der Waals surface area contributed by atoms with Gasteiger partial charge in [-0.3, -0.25) is 0 Å². The molecule has 2 aliphatic heterocycles. The van der Waals surface area contributed by atoms with E-state index >= 15 is 0 Å². The summed E-state index contributed by atoms with van der Waals surface area (Å²) in [5.74, 6) is 1.59. The lowest BCUT2D eigenvalue weighted by Crippen LogP contribution is -2.44. The fourth-order valence-electron chi connectivity index (χ4n) is 3.37. The van der Waals surface area contributed by atoms with Crippen LogP contribution in [0.3, 0.4) is 0 Å². The molecule has 3 heterocycles. The maximum absolute atomic E-state index is 4.51. The van der Waals surface area contributed by atoms with Crippen molar-refractivity contribution >= 4 is 5.82 Å². The van der Waals surface area contributed by atoms with E-state index in [0.29, 0.717) is 18.0 Å². The van der Waals surface area contributed by atoms with Crippen LogP contribution in [-0.4, -0.2) is 35.1 Å². The van der Waals surface area contributed by atoms with Gasteiger partial charge in [0.2, 0.25) is 0 Å². The monoisotopic (exact) mass is 260 g/mol. The van der Waals surface area contributed by atoms with Gasteiger partial charge in [-0.15, -0.1) is 0 Å². The van der Waals surface area contributed by atoms with Gasteiger partial charge in [-0.25, -0.2) is 9.97 Å². The predicted molar refractivity (Wildman–Crippen MR) is 77.5 cm³/mol. The summed E-state index contributed by atoms with van der Waals surface area (Å²) in [5, 5.41) is 3.65. The van der Waals surface area contributed by atoms with Crippen molar-refractivity contribution < 1.29 is 0 Å². The average Bonchev–Trinajstić information content (AvgIpc) is 3.09. The molecular formula is C15H24N4. The summed E-state index contributed by atoms with van der Waals surface area (Å²) in [5.41, 5.74) is 1.15. The van der Waals surface area contributed by atoms with E-state index in [4.69, 9.17) is 0 Å². The Hall–Kier alpha value is -1.16. The van der Waals surface area contributed by atoms with Crippen molar-refractivity contribution in [3.05, 3.63) is 18.1 Å². The van der Waals surface area contributed by atoms with Gasteiger partial charge in [0.1, 0.15) is 12.1 Å². The van der Waals surface area contributed by atoms with Crippen LogP contribution in [0.4, 0.5) is 5.82 Å². The second kappa shape index (κ2) is 5.45. The van der Waals surface area contributed by atoms with Gasteiger partial charge in [0.25, 0.3) is 0 Å². The third kappa shape index (κ3) is 2.59. The highest BCUT2D eigenvalue weighted by Gasteiger charge is 2.34. The lowest BCUT2D eigenvalue weighted by Gasteiger charge is -2.30. The molecule has 19 heavy (non-hydrogen) atoms. The first-order chi connectivity index (χ1) is 9.25. The second-order valence-corrected chi connectivity index (χ2v) is 6.06. The highest BCUT2D eigenvalue weighted by atomic mass is 15.3. The number of rotatable bonds is 3. The smallest absolute Gasteiger partial charge is 0.132 e. The van der Waals surface area contributed by atoms with Crippen molar-refractivity contribution in [3.63, 3.8) is 0 Å². The minimum atomic E-state index is 0.465. The van der Waals surface area contributed by atoms with Gasteiger partial charge in [-0.05, 0) is 38.1 Å². The van der Waals surface area contributed by atoms with Gasteiger partial charge in [0.05, 0.1) is 0 Å². The lowest BCUT2D eigenvalue weighted by molar-refractivity contribution is 0.480. The maximum Gasteiger partial charge on any atom is 0.132 e. The van der Waals surface area contributed by atoms with Crippen molar-refractivity contribution in [1.29, 1.82) is 0 Å². The number of hydrogen-bond donors (Lipinski definition) is 1. The minimum Gasteiger partial charge on any atom is -0.352 e. The Morgan fingerprint density at radius 1 is 1.26 bits per heavy atom. The summed E-state index contributed by atoms with van der Waals surface area (Å²) in [4.78, 5) is 11.4. The molecule has 2 saturated heterocycles. The topological polar surface area (TPSA) is 41.0 Å². The van der Waals surface area contributed by atoms with Crippen molar-refractivity contribution in [2.75, 3.05) is 18.0 Å². The number of nitrogens with zero attached hydrogens (tertiary/aromatic N) is 3. The highest BCUT2D eigenvalue weighted by Crippen LogP contribution is 2.29. The molecule has 3 rings (SSSR count). The SMILES string of the molecule is CC(C)c1cc(N2CCCC2C2CCCN2)ncn1. The van der Waals surface area contributed by atoms with Crippen LogP contribution in [0.2, 0.25) is 0 Å². The Bertz CT molecular complexity index is 426. The fourth-order valence-corrected chi connectivity index (χ4v) is 3.37. The third-order valence-corrected chi connectivity index (χ3v) is 4.42. The molecule has 0 radical (unpaired) electrons. The minimum absolute atomic E-state index is 0.465. The normalized spacial score (nSPS) is 27.4. The molecule has 2 aliphatic rings. The zero-order valence-electron chi connectivity index (χ0n) is 12.0. The highest BCUT2D eigenvalue weighted by molar-refractivity contribution is 5.42. The molecule has 1 aromatic rings. The zero-order valence-corrected chi connectivity index (χ0v) is 12.0. The van der Waals surface area contributed by atoms with Gasteiger partial charge in [-0.2, -0.15) is 0 Å². The zero-order chi connectivity index (χ0) is 13.2. The Balaban J connectivity index is 1.81. The van der Waals surface area contributed by atoms with Crippen LogP contribution in [0.15, 0.2) is 12.4 Å². The Kier molecular flexibility index (Phi) is 3.69. The molecule has 0 bridgehead atoms. The standard InChI is InChI=1S/C15H24N4/c1-11(2)13-9-15(18-10-17-13)19-8-4-6-14(19)12-5-3-7-16-12/h9-12,14,16H,3-8H2,1-2H3. The summed E-state index contributed by atoms with van der Waals surface area (Å²) < 4.78 is 0. The second-order valence-electron chi connectivity index (χ2n) is 6.06. The lowest BCUT2D eigenvalue weighted by atomic mass is 10.0. The van der Waals surface area contributed by atoms with Crippen LogP contribution in [0.1, 0.15) is 51.1 Å². The molecular weight excluding hydrogens is 236 g/mol. The molecule has 0 spiro atoms. The molecule has 4 heteroatoms. The quantitative estimate of drug-likeness (QED) is 0.905. The predicted octanol–water partition coefficient (Wildman–Crippen LogP) is 2.32. The van der Waals surface area contributed by atoms with E-state index in [9.17, 15) is 0 Å². The van der Waals surface area contributed by atoms with Crippen molar-refractivity contribution in [3.8, 4) is 0 Å². The van der Waals surface area contributed by atoms with E-state index in [2.05, 4.69) is 40.1 Å². The van der Waals surface area contributed by atoms with Crippen molar-refractivity contribution in [2.24, 2.45) is 0 Å². The van der Waals surface area contributed by atoms with E-state index in [0.717, 1.165) is 18.1 Å². The molecule has 1 aromatic heterocycles. The third-order valence-electron chi connectivity index (χ3n) is 4.42. The summed E-state index contributed by atoms with van der Waals surface area (Å²) in [6, 6.07) is 3.45. The number of anilines is 1. The molecule has 2 fully saturated rings. The largest absolute Gasteiger partial charge is 0.352 e. The van der Waals surface area contributed by atoms with Crippen molar-refractivity contribution in [1.82, 2.24) is 15.3 Å². The van der Waals surface area contributed by atoms with Crippen LogP contribution < -0.4 is 10.2 Å².